The lowest BCUT2D eigenvalue weighted by Crippen LogP contribution is -2.61. The molecule has 7 N–H and O–H groups in total. The number of anilines is 4. The second-order valence-corrected chi connectivity index (χ2v) is 37.8. The molecule has 11 heterocycles. The number of cyclic esters (lactones) is 1. The molecule has 7 aliphatic rings. The second kappa shape index (κ2) is 48.6. The summed E-state index contributed by atoms with van der Waals surface area (Å²) in [6.45, 7) is 20.0. The number of nitrogens with two attached hydrogens (primary N) is 2. The number of methoxy groups -OCH3 is 3. The van der Waals surface area contributed by atoms with E-state index in [4.69, 9.17) is 78.3 Å². The van der Waals surface area contributed by atoms with E-state index in [-0.39, 0.29) is 99.8 Å². The zero-order valence-corrected chi connectivity index (χ0v) is 81.4. The molecule has 2 aromatic carbocycles. The fourth-order valence-corrected chi connectivity index (χ4v) is 19.7. The molecule has 0 radical (unpaired) electrons. The molecule has 15 atom stereocenters. The van der Waals surface area contributed by atoms with Gasteiger partial charge in [0.15, 0.2) is 17.0 Å². The van der Waals surface area contributed by atoms with Crippen LogP contribution in [0.1, 0.15) is 170 Å². The van der Waals surface area contributed by atoms with Gasteiger partial charge in [0, 0.05) is 147 Å². The van der Waals surface area contributed by atoms with Gasteiger partial charge >= 0.3 is 12.1 Å². The highest BCUT2D eigenvalue weighted by atomic mass is 16.6. The van der Waals surface area contributed by atoms with Crippen LogP contribution in [0.3, 0.4) is 0 Å². The fraction of sp³-hybridized carbons (Fsp3) is 0.584. The molecule has 139 heavy (non-hydrogen) atoms. The first-order chi connectivity index (χ1) is 67.0. The van der Waals surface area contributed by atoms with Crippen molar-refractivity contribution in [3.05, 3.63) is 142 Å². The van der Waals surface area contributed by atoms with Crippen molar-refractivity contribution in [2.24, 2.45) is 35.5 Å². The minimum atomic E-state index is -2.49. The van der Waals surface area contributed by atoms with Crippen LogP contribution in [0.15, 0.2) is 113 Å². The van der Waals surface area contributed by atoms with Crippen LogP contribution in [-0.2, 0) is 109 Å². The van der Waals surface area contributed by atoms with E-state index in [9.17, 15) is 48.6 Å². The number of nitrogen functional groups attached to an aromatic ring is 2. The normalized spacial score (nSPS) is 26.8. The molecule has 2 bridgehead atoms. The highest BCUT2D eigenvalue weighted by Crippen LogP contribution is 2.41. The highest BCUT2D eigenvalue weighted by Gasteiger charge is 2.54. The maximum Gasteiger partial charge on any atom is 0.410 e. The molecule has 4 amide bonds. The van der Waals surface area contributed by atoms with Gasteiger partial charge in [0.2, 0.25) is 23.6 Å². The first-order valence-corrected chi connectivity index (χ1v) is 48.8. The molecule has 38 nitrogen and oxygen atoms in total. The predicted octanol–water partition coefficient (Wildman–Crippen LogP) is 9.22. The van der Waals surface area contributed by atoms with Crippen molar-refractivity contribution in [1.82, 2.24) is 64.7 Å². The number of nitrogens with one attached hydrogen (secondary N) is 1. The number of hydrogen-bond acceptors (Lipinski definition) is 33. The minimum absolute atomic E-state index is 0.0256. The lowest BCUT2D eigenvalue weighted by Gasteiger charge is -2.42. The number of esters is 1. The quantitative estimate of drug-likeness (QED) is 0.0132. The number of benzene rings is 2. The number of carbonyl (C=O) groups is 8. The molecule has 4 fully saturated rings. The fourth-order valence-electron chi connectivity index (χ4n) is 19.7. The van der Waals surface area contributed by atoms with Gasteiger partial charge in [-0.05, 0) is 148 Å². The zero-order valence-electron chi connectivity index (χ0n) is 81.4. The van der Waals surface area contributed by atoms with Crippen molar-refractivity contribution < 1.29 is 100 Å². The molecular weight excluding hydrogens is 1790 g/mol. The Hall–Kier alpha value is -11.5. The number of hydrogen-bond donors (Lipinski definition) is 5. The number of ether oxygens (including phenoxy) is 10. The van der Waals surface area contributed by atoms with Crippen LogP contribution in [0.2, 0.25) is 0 Å². The van der Waals surface area contributed by atoms with Crippen LogP contribution in [0, 0.1) is 35.5 Å². The summed E-state index contributed by atoms with van der Waals surface area (Å²) in [6, 6.07) is 10.7. The maximum absolute atomic E-state index is 14.9. The second-order valence-electron chi connectivity index (χ2n) is 37.8. The smallest absolute Gasteiger partial charge is 0.410 e. The summed E-state index contributed by atoms with van der Waals surface area (Å²) in [5, 5.41) is 32.4. The number of carbonyl (C=O) groups excluding carboxylic acids is 8. The molecule has 14 rings (SSSR count). The number of aliphatic hydroxyl groups is 2. The Labute approximate surface area is 810 Å². The van der Waals surface area contributed by atoms with E-state index in [1.165, 1.54) is 36.3 Å². The Morgan fingerprint density at radius 2 is 1.41 bits per heavy atom. The van der Waals surface area contributed by atoms with Gasteiger partial charge in [-0.25, -0.2) is 44.2 Å². The zero-order chi connectivity index (χ0) is 98.6. The lowest BCUT2D eigenvalue weighted by molar-refractivity contribution is -0.265. The van der Waals surface area contributed by atoms with Gasteiger partial charge in [-0.1, -0.05) is 89.3 Å². The van der Waals surface area contributed by atoms with Gasteiger partial charge in [-0.2, -0.15) is 10.1 Å². The molecule has 6 aliphatic heterocycles. The van der Waals surface area contributed by atoms with Crippen molar-refractivity contribution in [2.45, 2.75) is 219 Å². The van der Waals surface area contributed by atoms with Crippen LogP contribution in [0.4, 0.5) is 28.5 Å². The highest BCUT2D eigenvalue weighted by molar-refractivity contribution is 6.39. The average molecular weight is 1920 g/mol. The maximum atomic E-state index is 14.9. The number of rotatable bonds is 28. The minimum Gasteiger partial charge on any atom is -0.460 e. The van der Waals surface area contributed by atoms with E-state index in [1.54, 1.807) is 65.2 Å². The van der Waals surface area contributed by atoms with E-state index in [0.29, 0.717) is 213 Å². The number of aliphatic hydroxyl groups excluding tert-OH is 1. The molecule has 7 aromatic rings. The van der Waals surface area contributed by atoms with Crippen LogP contribution in [0.5, 0.6) is 0 Å². The van der Waals surface area contributed by atoms with Crippen LogP contribution < -0.4 is 26.6 Å². The molecule has 3 saturated heterocycles. The number of fused-ring (bicyclic) bond motifs is 7. The Morgan fingerprint density at radius 1 is 0.691 bits per heavy atom. The summed E-state index contributed by atoms with van der Waals surface area (Å²) in [7, 11) is 4.52. The summed E-state index contributed by atoms with van der Waals surface area (Å²) in [5.74, 6) is -7.66. The Balaban J connectivity index is 0.477. The molecular formula is C101H135N17O21. The number of oxazole rings is 1. The van der Waals surface area contributed by atoms with Crippen molar-refractivity contribution >= 4 is 93.0 Å². The molecule has 1 saturated carbocycles. The average Bonchev–Trinajstić information content (AvgIpc) is 1.74. The van der Waals surface area contributed by atoms with Gasteiger partial charge in [0.1, 0.15) is 59.6 Å². The number of aromatic nitrogens is 9. The summed E-state index contributed by atoms with van der Waals surface area (Å²) < 4.78 is 66.6. The topological polar surface area (TPSA) is 471 Å². The molecule has 1 unspecified atom stereocenters. The van der Waals surface area contributed by atoms with Crippen molar-refractivity contribution in [1.29, 1.82) is 0 Å². The third-order valence-corrected chi connectivity index (χ3v) is 27.9. The molecule has 5 aromatic heterocycles. The van der Waals surface area contributed by atoms with Gasteiger partial charge in [0.05, 0.1) is 107 Å². The first-order valence-electron chi connectivity index (χ1n) is 48.8. The van der Waals surface area contributed by atoms with E-state index >= 15 is 0 Å². The number of Topliss-reactive ketones (excluding diaryl/α,β-unsaturated/α-hetero) is 3. The van der Waals surface area contributed by atoms with Crippen LogP contribution in [-0.4, -0.2) is 298 Å². The van der Waals surface area contributed by atoms with E-state index in [2.05, 4.69) is 53.3 Å². The van der Waals surface area contributed by atoms with Gasteiger partial charge < -0.3 is 103 Å². The van der Waals surface area contributed by atoms with E-state index < -0.39 is 102 Å². The van der Waals surface area contributed by atoms with Crippen LogP contribution in [0.25, 0.3) is 33.4 Å². The largest absolute Gasteiger partial charge is 0.460 e. The Kier molecular flexibility index (Phi) is 36.2. The van der Waals surface area contributed by atoms with Crippen molar-refractivity contribution in [3.63, 3.8) is 0 Å². The molecule has 750 valence electrons. The number of nitrogens with zero attached hydrogens (tertiary/aromatic N) is 14. The number of piperidine rings is 1. The third kappa shape index (κ3) is 26.2. The Morgan fingerprint density at radius 3 is 2.15 bits per heavy atom. The number of allylic oxidation sites excluding steroid dienone is 6. The lowest BCUT2D eigenvalue weighted by atomic mass is 9.78. The van der Waals surface area contributed by atoms with Crippen molar-refractivity contribution in [2.75, 3.05) is 148 Å². The summed E-state index contributed by atoms with van der Waals surface area (Å²) in [4.78, 5) is 154. The molecule has 38 heteroatoms. The first kappa shape index (κ1) is 103. The SMILES string of the molecule is CO[C@H]1C[C@@H]2CC[C@@H](C)[C@@](O)(O2)C(=O)C(=O)N2CCCC[C@H]2C(=O)O[C@H]([C@H](C)C[C@@H]2CCC(OC(=O)N3CCc4nc(N5CCN(c6ncc(C(=O)NCCOCCOCCOCCOCCC(=O)N7CCc8cc(Cn9nc(-c%10ccc%11oc(N)nc%11c%10)c%10c(N)ncnc%109)ccc8C7)cn6)CC5)ncc4C3)[C@H](OC)C2)CC(=O)[C@H](C)/C=C(\C)[C@@H](O)[C@@H](OC)C(=O)[C@H](C)C[C@H](C)/C=C/C=C/C=C/1C. The number of amides is 4. The van der Waals surface area contributed by atoms with E-state index in [1.807, 2.05) is 77.8 Å². The van der Waals surface area contributed by atoms with Gasteiger partial charge in [0.25, 0.3) is 23.6 Å². The van der Waals surface area contributed by atoms with Crippen LogP contribution >= 0.6 is 0 Å². The summed E-state index contributed by atoms with van der Waals surface area (Å²) in [5.41, 5.74) is 21.8. The summed E-state index contributed by atoms with van der Waals surface area (Å²) in [6.07, 6.45) is 17.0. The van der Waals surface area contributed by atoms with Gasteiger partial charge in [-0.3, -0.25) is 28.8 Å². The van der Waals surface area contributed by atoms with E-state index in [0.717, 1.165) is 39.9 Å². The standard InChI is InChI=1S/C101H135N17O21/c1-61-16-12-11-13-17-62(2)82(129-8)52-75-24-19-67(7)101(128,139-75)91(123)95(125)117-31-15-14-18-78(117)96(126)136-83(53-79(119)63(3)47-66(6)89(122)90(131-10)88(121)65(5)46-61)64(4)48-68-21-25-81(84(50-68)130-9)138-100(127)116-33-28-76-74(59-116)56-107-99(111-76)114-36-34-113(35-37-114)98-105-54-73(55-106-98)94(124)104-30-39-133-41-43-135-45-44-134-42-40-132-38-29-85(120)115-32-27-70-49-69(20-22-72(70)58-115)57-118-93-86(92(102)108-60-109-93)87(112-118)71-23-26-80-77(51-71)110-97(103)137-80/h11-13,16-17,20,22-23,26,47,49,51,54-56,60-61,63-65,67-68,75,78,81-84,89-90,122,128H,14-15,18-19,21,24-25,27-46,48,50,52-53,57-59H2,1-10H3,(H2,103,110)(H,104,124)(H2,102,108,109)/b13-11+,16-12+,62-17+,66-47+/t61-,63-,64-,65-,67-,68+,75+,78+,81?,82+,83+,84-,89-,90+,101-/m1/s1. The Bertz CT molecular complexity index is 5560. The molecule has 0 spiro atoms. The monoisotopic (exact) mass is 1920 g/mol. The predicted molar refractivity (Wildman–Crippen MR) is 514 cm³/mol. The number of piperazine rings is 1. The third-order valence-electron chi connectivity index (χ3n) is 27.9. The summed E-state index contributed by atoms with van der Waals surface area (Å²) >= 11 is 0. The van der Waals surface area contributed by atoms with Gasteiger partial charge in [-0.15, -0.1) is 0 Å². The molecule has 1 aliphatic carbocycles. The number of ketones is 3. The van der Waals surface area contributed by atoms with Crippen molar-refractivity contribution in [3.8, 4) is 11.3 Å².